The number of anilines is 1. The van der Waals surface area contributed by atoms with E-state index in [9.17, 15) is 9.90 Å². The van der Waals surface area contributed by atoms with Crippen molar-refractivity contribution in [2.45, 2.75) is 129 Å². The van der Waals surface area contributed by atoms with Crippen molar-refractivity contribution >= 4 is 22.4 Å². The molecule has 0 saturated heterocycles. The van der Waals surface area contributed by atoms with Crippen LogP contribution >= 0.6 is 0 Å². The van der Waals surface area contributed by atoms with Crippen LogP contribution in [0.25, 0.3) is 11.0 Å². The topological polar surface area (TPSA) is 75.3 Å². The number of fused-ring (bicyclic) bond motifs is 7. The van der Waals surface area contributed by atoms with Crippen LogP contribution in [0.15, 0.2) is 26.5 Å². The quantitative estimate of drug-likeness (QED) is 0.194. The van der Waals surface area contributed by atoms with Gasteiger partial charge in [-0.1, -0.05) is 19.0 Å². The van der Waals surface area contributed by atoms with Gasteiger partial charge in [-0.2, -0.15) is 0 Å². The molecule has 0 amide bonds. The van der Waals surface area contributed by atoms with Crippen LogP contribution < -0.4 is 10.5 Å². The average molecular weight is 615 g/mol. The summed E-state index contributed by atoms with van der Waals surface area (Å²) in [7, 11) is 0. The first-order valence-corrected chi connectivity index (χ1v) is 18.6. The van der Waals surface area contributed by atoms with Gasteiger partial charge in [0, 0.05) is 41.2 Å². The van der Waals surface area contributed by atoms with Gasteiger partial charge < -0.3 is 19.3 Å². The lowest BCUT2D eigenvalue weighted by atomic mass is 9.45. The van der Waals surface area contributed by atoms with Crippen molar-refractivity contribution in [1.29, 1.82) is 0 Å². The predicted octanol–water partition coefficient (Wildman–Crippen LogP) is 7.98. The number of aryl methyl sites for hydroxylation is 3. The largest absolute Gasteiger partial charge is 0.422 e. The third-order valence-corrected chi connectivity index (χ3v) is 14.0. The number of rotatable bonds is 7. The van der Waals surface area contributed by atoms with Gasteiger partial charge in [0.2, 0.25) is 0 Å². The molecule has 0 radical (unpaired) electrons. The Bertz CT molecular complexity index is 1530. The number of hydrogen-bond donors (Lipinski definition) is 1. The summed E-state index contributed by atoms with van der Waals surface area (Å²) in [5, 5.41) is 16.3. The molecular formula is C39H54N2O4. The molecule has 3 heterocycles. The molecule has 4 aliphatic carbocycles. The summed E-state index contributed by atoms with van der Waals surface area (Å²) in [6.45, 7) is 7.98. The lowest BCUT2D eigenvalue weighted by Crippen LogP contribution is -2.54. The van der Waals surface area contributed by atoms with Crippen molar-refractivity contribution in [3.63, 3.8) is 0 Å². The Labute approximate surface area is 269 Å². The van der Waals surface area contributed by atoms with E-state index in [1.807, 2.05) is 0 Å². The molecule has 7 atom stereocenters. The van der Waals surface area contributed by atoms with Gasteiger partial charge >= 0.3 is 5.63 Å². The number of oxime groups is 1. The molecule has 8 rings (SSSR count). The number of aliphatic hydroxyl groups is 1. The molecule has 1 N–H and O–H groups in total. The SMILES string of the molecule is C[C@]12CC[C@@H](O)C[C@@H]1CC[C@@H]1[C@@H]2CC[C@]2(C)/C(=N\OCCCCCc3cc(=O)oc4c5c6c(cc34)CCCN6CCC5)CC[C@@H]12. The molecule has 6 nitrogen and oxygen atoms in total. The molecule has 4 fully saturated rings. The fourth-order valence-electron chi connectivity index (χ4n) is 11.7. The molecular weight excluding hydrogens is 560 g/mol. The summed E-state index contributed by atoms with van der Waals surface area (Å²) in [6.07, 6.45) is 19.2. The van der Waals surface area contributed by atoms with Crippen LogP contribution in [0.1, 0.15) is 120 Å². The summed E-state index contributed by atoms with van der Waals surface area (Å²) in [4.78, 5) is 21.1. The predicted molar refractivity (Wildman–Crippen MR) is 180 cm³/mol. The Hall–Kier alpha value is -2.34. The second-order valence-corrected chi connectivity index (χ2v) is 16.3. The van der Waals surface area contributed by atoms with Crippen LogP contribution in [0.4, 0.5) is 5.69 Å². The number of hydrogen-bond acceptors (Lipinski definition) is 6. The fourth-order valence-corrected chi connectivity index (χ4v) is 11.7. The first kappa shape index (κ1) is 30.0. The molecule has 0 spiro atoms. The molecule has 2 aromatic rings. The first-order chi connectivity index (χ1) is 21.8. The van der Waals surface area contributed by atoms with Crippen LogP contribution in [-0.2, 0) is 24.1 Å². The third-order valence-electron chi connectivity index (χ3n) is 14.0. The van der Waals surface area contributed by atoms with E-state index in [4.69, 9.17) is 14.4 Å². The van der Waals surface area contributed by atoms with E-state index in [0.29, 0.717) is 17.9 Å². The van der Waals surface area contributed by atoms with Crippen LogP contribution in [0.2, 0.25) is 0 Å². The summed E-state index contributed by atoms with van der Waals surface area (Å²) in [5.74, 6) is 3.09. The molecule has 4 saturated carbocycles. The van der Waals surface area contributed by atoms with Crippen molar-refractivity contribution in [2.75, 3.05) is 24.6 Å². The molecule has 6 heteroatoms. The maximum absolute atomic E-state index is 12.6. The van der Waals surface area contributed by atoms with E-state index in [1.165, 1.54) is 67.5 Å². The normalized spacial score (nSPS) is 36.4. The Morgan fingerprint density at radius 2 is 1.84 bits per heavy atom. The highest BCUT2D eigenvalue weighted by Crippen LogP contribution is 2.65. The third kappa shape index (κ3) is 5.07. The van der Waals surface area contributed by atoms with E-state index in [2.05, 4.69) is 24.8 Å². The van der Waals surface area contributed by atoms with Gasteiger partial charge in [0.1, 0.15) is 12.2 Å². The molecule has 0 unspecified atom stereocenters. The number of unbranched alkanes of at least 4 members (excludes halogenated alkanes) is 2. The number of benzene rings is 1. The minimum Gasteiger partial charge on any atom is -0.422 e. The minimum absolute atomic E-state index is 0.0698. The second kappa shape index (κ2) is 11.7. The van der Waals surface area contributed by atoms with E-state index in [0.717, 1.165) is 112 Å². The Morgan fingerprint density at radius 1 is 0.978 bits per heavy atom. The van der Waals surface area contributed by atoms with Crippen molar-refractivity contribution in [2.24, 2.45) is 39.7 Å². The maximum atomic E-state index is 12.6. The van der Waals surface area contributed by atoms with Crippen LogP contribution in [0.5, 0.6) is 0 Å². The van der Waals surface area contributed by atoms with Gasteiger partial charge in [-0.25, -0.2) is 4.79 Å². The van der Waals surface area contributed by atoms with Gasteiger partial charge in [0.25, 0.3) is 0 Å². The minimum atomic E-state index is -0.210. The zero-order valence-electron chi connectivity index (χ0n) is 27.7. The summed E-state index contributed by atoms with van der Waals surface area (Å²) >= 11 is 0. The highest BCUT2D eigenvalue weighted by Gasteiger charge is 2.59. The molecule has 1 aromatic carbocycles. The lowest BCUT2D eigenvalue weighted by Gasteiger charge is -2.60. The zero-order valence-corrected chi connectivity index (χ0v) is 27.7. The van der Waals surface area contributed by atoms with Crippen LogP contribution in [-0.4, -0.2) is 36.6 Å². The monoisotopic (exact) mass is 614 g/mol. The van der Waals surface area contributed by atoms with Crippen molar-refractivity contribution < 1.29 is 14.4 Å². The first-order valence-electron chi connectivity index (χ1n) is 18.6. The molecule has 1 aromatic heterocycles. The van der Waals surface area contributed by atoms with E-state index < -0.39 is 0 Å². The average Bonchev–Trinajstić information content (AvgIpc) is 3.37. The summed E-state index contributed by atoms with van der Waals surface area (Å²) < 4.78 is 5.86. The Balaban J connectivity index is 0.866. The highest BCUT2D eigenvalue weighted by molar-refractivity contribution is 5.92. The molecule has 45 heavy (non-hydrogen) atoms. The van der Waals surface area contributed by atoms with E-state index in [-0.39, 0.29) is 17.1 Å². The van der Waals surface area contributed by atoms with Crippen molar-refractivity contribution in [3.8, 4) is 0 Å². The standard InChI is InChI=1S/C39H54N2O4/c1-38-17-15-28(42)24-27(38)11-12-29-32-13-14-34(39(32,2)18-16-33(29)38)40-44-21-5-3-4-8-25-23-35(43)45-37-30-10-7-20-41-19-6-9-26(36(30)41)22-31(25)37/h22-23,27-29,32-33,42H,3-21,24H2,1-2H3/b40-34-/t27-,28+,29-,32-,33-,38-,39-/m0/s1. The smallest absolute Gasteiger partial charge is 0.336 e. The van der Waals surface area contributed by atoms with Gasteiger partial charge in [-0.3, -0.25) is 0 Å². The fraction of sp³-hybridized carbons (Fsp3) is 0.744. The van der Waals surface area contributed by atoms with Crippen LogP contribution in [0, 0.1) is 34.5 Å². The second-order valence-electron chi connectivity index (χ2n) is 16.3. The van der Waals surface area contributed by atoms with Gasteiger partial charge in [-0.05, 0) is 155 Å². The lowest BCUT2D eigenvalue weighted by molar-refractivity contribution is -0.114. The van der Waals surface area contributed by atoms with E-state index >= 15 is 0 Å². The summed E-state index contributed by atoms with van der Waals surface area (Å²) in [5.41, 5.74) is 7.81. The van der Waals surface area contributed by atoms with Gasteiger partial charge in [-0.15, -0.1) is 0 Å². The Kier molecular flexibility index (Phi) is 7.82. The number of aliphatic hydroxyl groups excluding tert-OH is 1. The van der Waals surface area contributed by atoms with Gasteiger partial charge in [0.05, 0.1) is 11.8 Å². The highest BCUT2D eigenvalue weighted by atomic mass is 16.6. The van der Waals surface area contributed by atoms with Crippen molar-refractivity contribution in [3.05, 3.63) is 39.2 Å². The van der Waals surface area contributed by atoms with Crippen LogP contribution in [0.3, 0.4) is 0 Å². The molecule has 0 bridgehead atoms. The molecule has 2 aliphatic heterocycles. The summed E-state index contributed by atoms with van der Waals surface area (Å²) in [6, 6.07) is 4.07. The van der Waals surface area contributed by atoms with Crippen molar-refractivity contribution in [1.82, 2.24) is 0 Å². The maximum Gasteiger partial charge on any atom is 0.336 e. The Morgan fingerprint density at radius 3 is 2.73 bits per heavy atom. The molecule has 244 valence electrons. The molecule has 6 aliphatic rings. The zero-order chi connectivity index (χ0) is 30.8. The van der Waals surface area contributed by atoms with E-state index in [1.54, 1.807) is 6.07 Å². The number of nitrogens with zero attached hydrogens (tertiary/aromatic N) is 2. The van der Waals surface area contributed by atoms with Gasteiger partial charge in [0.15, 0.2) is 0 Å².